The number of rotatable bonds is 6. The molecule has 0 amide bonds. The summed E-state index contributed by atoms with van der Waals surface area (Å²) in [7, 11) is 4.13. The quantitative estimate of drug-likeness (QED) is 0.818. The highest BCUT2D eigenvalue weighted by Gasteiger charge is 2.27. The van der Waals surface area contributed by atoms with E-state index < -0.39 is 0 Å². The van der Waals surface area contributed by atoms with Gasteiger partial charge in [-0.3, -0.25) is 0 Å². The lowest BCUT2D eigenvalue weighted by atomic mass is 10.1. The summed E-state index contributed by atoms with van der Waals surface area (Å²) in [6.45, 7) is 8.08. The summed E-state index contributed by atoms with van der Waals surface area (Å²) in [5, 5.41) is 7.71. The molecule has 2 rings (SSSR count). The summed E-state index contributed by atoms with van der Waals surface area (Å²) in [4.78, 5) is 6.73. The van der Waals surface area contributed by atoms with Crippen LogP contribution in [0.5, 0.6) is 0 Å². The second-order valence-electron chi connectivity index (χ2n) is 6.02. The molecule has 20 heavy (non-hydrogen) atoms. The van der Waals surface area contributed by atoms with E-state index in [4.69, 9.17) is 4.74 Å². The van der Waals surface area contributed by atoms with Gasteiger partial charge in [0.05, 0.1) is 12.7 Å². The highest BCUT2D eigenvalue weighted by atomic mass is 16.5. The van der Waals surface area contributed by atoms with Crippen LogP contribution >= 0.6 is 0 Å². The lowest BCUT2D eigenvalue weighted by molar-refractivity contribution is -0.0376. The first-order valence-electron chi connectivity index (χ1n) is 7.44. The Hall–Kier alpha value is -0.980. The molecule has 114 valence electrons. The molecule has 0 aromatic carbocycles. The Balaban J connectivity index is 2.00. The van der Waals surface area contributed by atoms with Gasteiger partial charge in [0, 0.05) is 32.1 Å². The van der Waals surface area contributed by atoms with E-state index in [2.05, 4.69) is 41.2 Å². The van der Waals surface area contributed by atoms with E-state index in [1.165, 1.54) is 0 Å². The zero-order chi connectivity index (χ0) is 14.5. The monoisotopic (exact) mass is 281 g/mol. The molecule has 2 unspecified atom stereocenters. The first kappa shape index (κ1) is 15.4. The van der Waals surface area contributed by atoms with Crippen molar-refractivity contribution in [1.82, 2.24) is 25.0 Å². The third kappa shape index (κ3) is 4.01. The Labute approximate surface area is 121 Å². The smallest absolute Gasteiger partial charge is 0.138 e. The molecule has 1 aliphatic rings. The number of ether oxygens (including phenoxy) is 1. The Morgan fingerprint density at radius 1 is 1.50 bits per heavy atom. The molecule has 6 nitrogen and oxygen atoms in total. The minimum atomic E-state index is 0.211. The molecule has 1 fully saturated rings. The van der Waals surface area contributed by atoms with Gasteiger partial charge < -0.3 is 15.0 Å². The molecule has 1 aromatic rings. The second kappa shape index (κ2) is 7.15. The molecule has 2 heterocycles. The molecule has 0 spiro atoms. The van der Waals surface area contributed by atoms with E-state index in [0.717, 1.165) is 38.5 Å². The molecule has 0 radical (unpaired) electrons. The van der Waals surface area contributed by atoms with Gasteiger partial charge in [-0.1, -0.05) is 13.8 Å². The maximum atomic E-state index is 5.91. The lowest BCUT2D eigenvalue weighted by Gasteiger charge is -2.35. The summed E-state index contributed by atoms with van der Waals surface area (Å²) in [6.07, 6.45) is 2.71. The van der Waals surface area contributed by atoms with Crippen molar-refractivity contribution >= 4 is 0 Å². The standard InChI is InChI=1S/C14H27N5O/c1-11(2)8-19-14(16-10-17-19)7-12(15-3)13-9-18(4)5-6-20-13/h10-13,15H,5-9H2,1-4H3. The highest BCUT2D eigenvalue weighted by molar-refractivity contribution is 4.94. The summed E-state index contributed by atoms with van der Waals surface area (Å²) >= 11 is 0. The third-order valence-electron chi connectivity index (χ3n) is 3.75. The van der Waals surface area contributed by atoms with Crippen molar-refractivity contribution in [3.05, 3.63) is 12.2 Å². The zero-order valence-electron chi connectivity index (χ0n) is 13.0. The van der Waals surface area contributed by atoms with Crippen molar-refractivity contribution in [1.29, 1.82) is 0 Å². The van der Waals surface area contributed by atoms with Crippen LogP contribution in [0.4, 0.5) is 0 Å². The summed E-state index contributed by atoms with van der Waals surface area (Å²) in [5.41, 5.74) is 0. The fourth-order valence-electron chi connectivity index (χ4n) is 2.62. The van der Waals surface area contributed by atoms with Gasteiger partial charge in [0.25, 0.3) is 0 Å². The molecule has 1 saturated heterocycles. The normalized spacial score (nSPS) is 22.4. The summed E-state index contributed by atoms with van der Waals surface area (Å²) < 4.78 is 7.92. The van der Waals surface area contributed by atoms with Crippen LogP contribution in [0.15, 0.2) is 6.33 Å². The molecule has 0 bridgehead atoms. The fourth-order valence-corrected chi connectivity index (χ4v) is 2.62. The first-order chi connectivity index (χ1) is 9.60. The van der Waals surface area contributed by atoms with Crippen LogP contribution in [0.2, 0.25) is 0 Å². The Bertz CT molecular complexity index is 406. The predicted molar refractivity (Wildman–Crippen MR) is 78.6 cm³/mol. The third-order valence-corrected chi connectivity index (χ3v) is 3.75. The molecule has 1 aromatic heterocycles. The van der Waals surface area contributed by atoms with Crippen LogP contribution in [0, 0.1) is 5.92 Å². The van der Waals surface area contributed by atoms with Crippen molar-refractivity contribution in [3.8, 4) is 0 Å². The average molecular weight is 281 g/mol. The van der Waals surface area contributed by atoms with Crippen LogP contribution < -0.4 is 5.32 Å². The number of nitrogens with one attached hydrogen (secondary N) is 1. The van der Waals surface area contributed by atoms with E-state index in [1.54, 1.807) is 6.33 Å². The van der Waals surface area contributed by atoms with Gasteiger partial charge in [-0.15, -0.1) is 0 Å². The van der Waals surface area contributed by atoms with E-state index >= 15 is 0 Å². The van der Waals surface area contributed by atoms with Crippen molar-refractivity contribution in [2.75, 3.05) is 33.8 Å². The summed E-state index contributed by atoms with van der Waals surface area (Å²) in [6, 6.07) is 0.271. The predicted octanol–water partition coefficient (Wildman–Crippen LogP) is 0.395. The largest absolute Gasteiger partial charge is 0.374 e. The molecule has 1 aliphatic heterocycles. The number of aromatic nitrogens is 3. The van der Waals surface area contributed by atoms with Gasteiger partial charge in [0.1, 0.15) is 12.2 Å². The number of likely N-dealkylation sites (N-methyl/N-ethyl adjacent to an activating group) is 2. The van der Waals surface area contributed by atoms with Crippen molar-refractivity contribution in [2.45, 2.75) is 39.0 Å². The number of nitrogens with zero attached hydrogens (tertiary/aromatic N) is 4. The molecule has 0 saturated carbocycles. The molecule has 1 N–H and O–H groups in total. The van der Waals surface area contributed by atoms with Crippen molar-refractivity contribution < 1.29 is 4.74 Å². The minimum Gasteiger partial charge on any atom is -0.374 e. The van der Waals surface area contributed by atoms with Crippen molar-refractivity contribution in [2.24, 2.45) is 5.92 Å². The van der Waals surface area contributed by atoms with Crippen LogP contribution in [-0.4, -0.2) is 65.6 Å². The molecular formula is C14H27N5O. The molecule has 0 aliphatic carbocycles. The Kier molecular flexibility index (Phi) is 5.51. The fraction of sp³-hybridized carbons (Fsp3) is 0.857. The maximum Gasteiger partial charge on any atom is 0.138 e. The van der Waals surface area contributed by atoms with E-state index in [1.807, 2.05) is 11.7 Å². The second-order valence-corrected chi connectivity index (χ2v) is 6.02. The molecular weight excluding hydrogens is 254 g/mol. The van der Waals surface area contributed by atoms with Crippen LogP contribution in [-0.2, 0) is 17.7 Å². The van der Waals surface area contributed by atoms with E-state index in [9.17, 15) is 0 Å². The van der Waals surface area contributed by atoms with E-state index in [-0.39, 0.29) is 12.1 Å². The van der Waals surface area contributed by atoms with Gasteiger partial charge in [0.2, 0.25) is 0 Å². The van der Waals surface area contributed by atoms with Gasteiger partial charge >= 0.3 is 0 Å². The molecule has 2 atom stereocenters. The lowest BCUT2D eigenvalue weighted by Crippen LogP contribution is -2.51. The average Bonchev–Trinajstić information content (AvgIpc) is 2.82. The zero-order valence-corrected chi connectivity index (χ0v) is 13.0. The Morgan fingerprint density at radius 2 is 2.30 bits per heavy atom. The maximum absolute atomic E-state index is 5.91. The topological polar surface area (TPSA) is 55.2 Å². The van der Waals surface area contributed by atoms with Crippen molar-refractivity contribution in [3.63, 3.8) is 0 Å². The van der Waals surface area contributed by atoms with E-state index in [0.29, 0.717) is 5.92 Å². The van der Waals surface area contributed by atoms with Gasteiger partial charge in [-0.05, 0) is 20.0 Å². The minimum absolute atomic E-state index is 0.211. The molecule has 6 heteroatoms. The first-order valence-corrected chi connectivity index (χ1v) is 7.44. The van der Waals surface area contributed by atoms with Gasteiger partial charge in [-0.25, -0.2) is 9.67 Å². The SMILES string of the molecule is CNC(Cc1ncnn1CC(C)C)C1CN(C)CCO1. The van der Waals surface area contributed by atoms with Crippen LogP contribution in [0.1, 0.15) is 19.7 Å². The number of hydrogen-bond donors (Lipinski definition) is 1. The van der Waals surface area contributed by atoms with Crippen LogP contribution in [0.3, 0.4) is 0 Å². The number of hydrogen-bond acceptors (Lipinski definition) is 5. The summed E-state index contributed by atoms with van der Waals surface area (Å²) in [5.74, 6) is 1.61. The number of morpholine rings is 1. The van der Waals surface area contributed by atoms with Gasteiger partial charge in [-0.2, -0.15) is 5.10 Å². The van der Waals surface area contributed by atoms with Crippen LogP contribution in [0.25, 0.3) is 0 Å². The highest BCUT2D eigenvalue weighted by Crippen LogP contribution is 2.12. The Morgan fingerprint density at radius 3 is 2.95 bits per heavy atom. The van der Waals surface area contributed by atoms with Gasteiger partial charge in [0.15, 0.2) is 0 Å².